The van der Waals surface area contributed by atoms with Crippen LogP contribution in [0, 0.1) is 0 Å². The zero-order valence-corrected chi connectivity index (χ0v) is 25.8. The van der Waals surface area contributed by atoms with Crippen LogP contribution in [0.5, 0.6) is 11.5 Å². The standard InChI is InChI=1S/C31H45NO10/c1-31(2,3)42-30(34)32-25(29(33)38-7)18-22-8-10-24(11-9-22)28-26(36-5)19-23(20-27(28)37-6)21-41-17-16-40-15-14-39-13-12-35-4/h8-11,19-20,25H,12-18,21H2,1-7H3,(H,32,34)/t25-/m0/s1. The third kappa shape index (κ3) is 12.2. The van der Waals surface area contributed by atoms with E-state index >= 15 is 0 Å². The van der Waals surface area contributed by atoms with Crippen molar-refractivity contribution in [3.63, 3.8) is 0 Å². The third-order valence-corrected chi connectivity index (χ3v) is 5.87. The van der Waals surface area contributed by atoms with Gasteiger partial charge in [-0.2, -0.15) is 0 Å². The first-order valence-electron chi connectivity index (χ1n) is 13.8. The van der Waals surface area contributed by atoms with Gasteiger partial charge in [-0.25, -0.2) is 9.59 Å². The highest BCUT2D eigenvalue weighted by atomic mass is 16.6. The molecule has 1 N–H and O–H groups in total. The number of hydrogen-bond donors (Lipinski definition) is 1. The molecule has 2 aromatic carbocycles. The summed E-state index contributed by atoms with van der Waals surface area (Å²) in [5.41, 5.74) is 2.65. The summed E-state index contributed by atoms with van der Waals surface area (Å²) < 4.78 is 43.1. The normalized spacial score (nSPS) is 12.0. The van der Waals surface area contributed by atoms with Crippen LogP contribution in [0.25, 0.3) is 11.1 Å². The molecule has 2 aromatic rings. The number of methoxy groups -OCH3 is 4. The van der Waals surface area contributed by atoms with E-state index in [9.17, 15) is 9.59 Å². The predicted octanol–water partition coefficient (Wildman–Crippen LogP) is 4.18. The van der Waals surface area contributed by atoms with Crippen molar-refractivity contribution in [2.45, 2.75) is 45.4 Å². The number of hydrogen-bond acceptors (Lipinski definition) is 10. The molecule has 0 fully saturated rings. The second kappa shape index (κ2) is 18.2. The fraction of sp³-hybridized carbons (Fsp3) is 0.548. The van der Waals surface area contributed by atoms with Crippen LogP contribution in [0.2, 0.25) is 0 Å². The van der Waals surface area contributed by atoms with Crippen molar-refractivity contribution in [1.29, 1.82) is 0 Å². The number of amides is 1. The molecule has 0 aromatic heterocycles. The average molecular weight is 592 g/mol. The van der Waals surface area contributed by atoms with Crippen LogP contribution < -0.4 is 14.8 Å². The smallest absolute Gasteiger partial charge is 0.408 e. The molecule has 0 aliphatic rings. The van der Waals surface area contributed by atoms with Gasteiger partial charge in [0.25, 0.3) is 0 Å². The Bertz CT molecular complexity index is 1070. The van der Waals surface area contributed by atoms with Crippen LogP contribution in [-0.4, -0.2) is 91.8 Å². The molecule has 2 rings (SSSR count). The van der Waals surface area contributed by atoms with E-state index in [1.54, 1.807) is 42.1 Å². The van der Waals surface area contributed by atoms with E-state index in [2.05, 4.69) is 5.32 Å². The summed E-state index contributed by atoms with van der Waals surface area (Å²) in [6.45, 7) is 8.61. The van der Waals surface area contributed by atoms with Gasteiger partial charge in [-0.15, -0.1) is 0 Å². The van der Waals surface area contributed by atoms with Crippen molar-refractivity contribution >= 4 is 12.1 Å². The third-order valence-electron chi connectivity index (χ3n) is 5.87. The van der Waals surface area contributed by atoms with Crippen LogP contribution in [0.1, 0.15) is 31.9 Å². The van der Waals surface area contributed by atoms with Crippen molar-refractivity contribution in [2.75, 3.05) is 68.1 Å². The van der Waals surface area contributed by atoms with E-state index in [0.29, 0.717) is 57.7 Å². The zero-order chi connectivity index (χ0) is 31.0. The number of alkyl carbamates (subject to hydrolysis) is 1. The average Bonchev–Trinajstić information content (AvgIpc) is 2.96. The maximum Gasteiger partial charge on any atom is 0.408 e. The van der Waals surface area contributed by atoms with E-state index in [1.165, 1.54) is 7.11 Å². The fourth-order valence-corrected chi connectivity index (χ4v) is 3.93. The van der Waals surface area contributed by atoms with Crippen LogP contribution in [-0.2, 0) is 46.2 Å². The molecule has 0 spiro atoms. The lowest BCUT2D eigenvalue weighted by Crippen LogP contribution is -2.45. The van der Waals surface area contributed by atoms with Crippen molar-refractivity contribution < 1.29 is 47.5 Å². The van der Waals surface area contributed by atoms with Gasteiger partial charge in [0.15, 0.2) is 0 Å². The Balaban J connectivity index is 2.04. The van der Waals surface area contributed by atoms with Crippen molar-refractivity contribution in [3.05, 3.63) is 47.5 Å². The summed E-state index contributed by atoms with van der Waals surface area (Å²) >= 11 is 0. The second-order valence-electron chi connectivity index (χ2n) is 10.3. The van der Waals surface area contributed by atoms with Gasteiger partial charge < -0.3 is 43.2 Å². The Morgan fingerprint density at radius 3 is 1.81 bits per heavy atom. The predicted molar refractivity (Wildman–Crippen MR) is 157 cm³/mol. The summed E-state index contributed by atoms with van der Waals surface area (Å²) in [4.78, 5) is 24.6. The molecule has 0 aliphatic carbocycles. The number of rotatable bonds is 18. The van der Waals surface area contributed by atoms with Crippen LogP contribution in [0.3, 0.4) is 0 Å². The first-order chi connectivity index (χ1) is 20.1. The fourth-order valence-electron chi connectivity index (χ4n) is 3.93. The lowest BCUT2D eigenvalue weighted by molar-refractivity contribution is -0.143. The summed E-state index contributed by atoms with van der Waals surface area (Å²) in [7, 11) is 6.11. The molecule has 234 valence electrons. The van der Waals surface area contributed by atoms with E-state index in [4.69, 9.17) is 37.9 Å². The van der Waals surface area contributed by atoms with E-state index in [0.717, 1.165) is 22.3 Å². The first-order valence-corrected chi connectivity index (χ1v) is 13.8. The van der Waals surface area contributed by atoms with Crippen LogP contribution in [0.15, 0.2) is 36.4 Å². The van der Waals surface area contributed by atoms with Gasteiger partial charge in [0.05, 0.1) is 73.1 Å². The van der Waals surface area contributed by atoms with Crippen LogP contribution in [0.4, 0.5) is 4.79 Å². The number of benzene rings is 2. The number of ether oxygens (including phenoxy) is 8. The van der Waals surface area contributed by atoms with Crippen molar-refractivity contribution in [1.82, 2.24) is 5.32 Å². The highest BCUT2D eigenvalue weighted by molar-refractivity contribution is 5.82. The minimum absolute atomic E-state index is 0.224. The topological polar surface area (TPSA) is 120 Å². The summed E-state index contributed by atoms with van der Waals surface area (Å²) in [5, 5.41) is 2.60. The Kier molecular flexibility index (Phi) is 15.1. The Hall–Kier alpha value is -3.38. The minimum Gasteiger partial charge on any atom is -0.496 e. The van der Waals surface area contributed by atoms with E-state index in [-0.39, 0.29) is 6.42 Å². The summed E-state index contributed by atoms with van der Waals surface area (Å²) in [6.07, 6.45) is -0.467. The van der Waals surface area contributed by atoms with Gasteiger partial charge in [0.2, 0.25) is 0 Å². The van der Waals surface area contributed by atoms with Gasteiger partial charge in [0, 0.05) is 13.5 Å². The van der Waals surface area contributed by atoms with Gasteiger partial charge in [0.1, 0.15) is 23.1 Å². The van der Waals surface area contributed by atoms with Gasteiger partial charge in [-0.3, -0.25) is 0 Å². The molecule has 0 aliphatic heterocycles. The van der Waals surface area contributed by atoms with Gasteiger partial charge >= 0.3 is 12.1 Å². The zero-order valence-electron chi connectivity index (χ0n) is 25.8. The van der Waals surface area contributed by atoms with Crippen LogP contribution >= 0.6 is 0 Å². The molecule has 42 heavy (non-hydrogen) atoms. The summed E-state index contributed by atoms with van der Waals surface area (Å²) in [5.74, 6) is 0.693. The van der Waals surface area contributed by atoms with Gasteiger partial charge in [-0.1, -0.05) is 24.3 Å². The molecule has 1 atom stereocenters. The lowest BCUT2D eigenvalue weighted by Gasteiger charge is -2.22. The maximum absolute atomic E-state index is 12.3. The molecule has 0 heterocycles. The minimum atomic E-state index is -0.904. The largest absolute Gasteiger partial charge is 0.496 e. The molecule has 0 bridgehead atoms. The van der Waals surface area contributed by atoms with Crippen molar-refractivity contribution in [2.24, 2.45) is 0 Å². The van der Waals surface area contributed by atoms with Gasteiger partial charge in [-0.05, 0) is 49.6 Å². The Morgan fingerprint density at radius 2 is 1.31 bits per heavy atom. The SMILES string of the molecule is COCCOCCOCCOCc1cc(OC)c(-c2ccc(C[C@H](NC(=O)OC(C)(C)C)C(=O)OC)cc2)c(OC)c1. The number of carbonyl (C=O) groups excluding carboxylic acids is 2. The highest BCUT2D eigenvalue weighted by Crippen LogP contribution is 2.40. The highest BCUT2D eigenvalue weighted by Gasteiger charge is 2.25. The monoisotopic (exact) mass is 591 g/mol. The Morgan fingerprint density at radius 1 is 0.762 bits per heavy atom. The van der Waals surface area contributed by atoms with E-state index < -0.39 is 23.7 Å². The quantitative estimate of drug-likeness (QED) is 0.200. The molecule has 0 saturated carbocycles. The van der Waals surface area contributed by atoms with Crippen molar-refractivity contribution in [3.8, 4) is 22.6 Å². The number of carbonyl (C=O) groups is 2. The molecular weight excluding hydrogens is 546 g/mol. The number of nitrogens with one attached hydrogen (secondary N) is 1. The summed E-state index contributed by atoms with van der Waals surface area (Å²) in [6, 6.07) is 10.5. The van der Waals surface area contributed by atoms with E-state index in [1.807, 2.05) is 36.4 Å². The number of esters is 1. The maximum atomic E-state index is 12.3. The second-order valence-corrected chi connectivity index (χ2v) is 10.3. The molecule has 11 heteroatoms. The molecule has 0 saturated heterocycles. The Labute approximate surface area is 248 Å². The lowest BCUT2D eigenvalue weighted by atomic mass is 9.98. The molecule has 1 amide bonds. The first kappa shape index (κ1) is 34.8. The molecular formula is C31H45NO10. The molecule has 11 nitrogen and oxygen atoms in total. The molecule has 0 unspecified atom stereocenters. The molecule has 0 radical (unpaired) electrons.